The number of thiophene rings is 1. The highest BCUT2D eigenvalue weighted by Gasteiger charge is 2.18. The fourth-order valence-corrected chi connectivity index (χ4v) is 4.48. The van der Waals surface area contributed by atoms with Crippen LogP contribution in [0, 0.1) is 11.3 Å². The summed E-state index contributed by atoms with van der Waals surface area (Å²) in [7, 11) is 0. The van der Waals surface area contributed by atoms with Crippen LogP contribution in [0.4, 0.5) is 0 Å². The third kappa shape index (κ3) is 4.20. The molecule has 0 fully saturated rings. The van der Waals surface area contributed by atoms with Crippen molar-refractivity contribution in [2.24, 2.45) is 0 Å². The molecule has 31 heavy (non-hydrogen) atoms. The van der Waals surface area contributed by atoms with Crippen LogP contribution in [0.2, 0.25) is 0 Å². The van der Waals surface area contributed by atoms with Crippen LogP contribution in [0.25, 0.3) is 28.1 Å². The predicted molar refractivity (Wildman–Crippen MR) is 127 cm³/mol. The van der Waals surface area contributed by atoms with E-state index in [1.807, 2.05) is 53.9 Å². The van der Waals surface area contributed by atoms with Gasteiger partial charge in [-0.15, -0.1) is 11.3 Å². The summed E-state index contributed by atoms with van der Waals surface area (Å²) in [4.78, 5) is 15.0. The molecular weight excluding hydrogens is 404 g/mol. The molecule has 0 bridgehead atoms. The maximum Gasteiger partial charge on any atom is 0.328 e. The number of carboxylic acids is 1. The fraction of sp³-hybridized carbons (Fsp3) is 0.0769. The number of allylic oxidation sites excluding steroid dienone is 1. The van der Waals surface area contributed by atoms with Gasteiger partial charge in [-0.25, -0.2) is 4.79 Å². The Kier molecular flexibility index (Phi) is 5.83. The zero-order valence-corrected chi connectivity index (χ0v) is 17.7. The third-order valence-electron chi connectivity index (χ3n) is 5.16. The van der Waals surface area contributed by atoms with E-state index >= 15 is 0 Å². The lowest BCUT2D eigenvalue weighted by molar-refractivity contribution is -0.131. The van der Waals surface area contributed by atoms with Crippen molar-refractivity contribution in [3.63, 3.8) is 0 Å². The Balaban J connectivity index is 1.93. The number of nitrogens with zero attached hydrogens (tertiary/aromatic N) is 1. The molecule has 4 nitrogen and oxygen atoms in total. The van der Waals surface area contributed by atoms with Gasteiger partial charge in [0.25, 0.3) is 0 Å². The van der Waals surface area contributed by atoms with Crippen LogP contribution < -0.4 is 0 Å². The summed E-state index contributed by atoms with van der Waals surface area (Å²) in [5.41, 5.74) is 6.96. The monoisotopic (exact) mass is 424 g/mol. The number of carboxylic acid groups (broad SMARTS) is 1. The molecule has 0 aliphatic heterocycles. The van der Waals surface area contributed by atoms with Crippen LogP contribution >= 0.6 is 11.3 Å². The van der Waals surface area contributed by atoms with Crippen molar-refractivity contribution in [1.29, 1.82) is 5.26 Å². The summed E-state index contributed by atoms with van der Waals surface area (Å²) in [5, 5.41) is 21.5. The summed E-state index contributed by atoms with van der Waals surface area (Å²) in [6, 6.07) is 22.4. The van der Waals surface area contributed by atoms with Gasteiger partial charge in [0, 0.05) is 33.8 Å². The molecule has 2 aromatic heterocycles. The highest BCUT2D eigenvalue weighted by atomic mass is 32.1. The second-order valence-electron chi connectivity index (χ2n) is 7.05. The Morgan fingerprint density at radius 3 is 2.61 bits per heavy atom. The summed E-state index contributed by atoms with van der Waals surface area (Å²) in [6.45, 7) is 2.10. The first-order chi connectivity index (χ1) is 15.1. The molecular formula is C26H20N2O2S. The Labute approximate surface area is 184 Å². The lowest BCUT2D eigenvalue weighted by atomic mass is 9.90. The van der Waals surface area contributed by atoms with Gasteiger partial charge in [-0.05, 0) is 52.8 Å². The molecule has 0 saturated heterocycles. The van der Waals surface area contributed by atoms with Crippen LogP contribution in [0.5, 0.6) is 0 Å². The van der Waals surface area contributed by atoms with Crippen molar-refractivity contribution in [1.82, 2.24) is 4.98 Å². The highest BCUT2D eigenvalue weighted by Crippen LogP contribution is 2.37. The molecule has 152 valence electrons. The average Bonchev–Trinajstić information content (AvgIpc) is 3.42. The van der Waals surface area contributed by atoms with Gasteiger partial charge in [-0.1, -0.05) is 49.4 Å². The van der Waals surface area contributed by atoms with E-state index in [0.717, 1.165) is 56.9 Å². The number of aromatic amines is 1. The number of benzene rings is 2. The second kappa shape index (κ2) is 8.86. The maximum atomic E-state index is 10.8. The first-order valence-electron chi connectivity index (χ1n) is 9.91. The number of aromatic nitrogens is 1. The van der Waals surface area contributed by atoms with E-state index in [9.17, 15) is 10.1 Å². The van der Waals surface area contributed by atoms with E-state index in [2.05, 4.69) is 30.1 Å². The van der Waals surface area contributed by atoms with E-state index in [1.165, 1.54) is 11.3 Å². The lowest BCUT2D eigenvalue weighted by Crippen LogP contribution is -1.96. The van der Waals surface area contributed by atoms with Crippen molar-refractivity contribution in [3.05, 3.63) is 99.4 Å². The van der Waals surface area contributed by atoms with Crippen LogP contribution in [0.15, 0.2) is 72.1 Å². The van der Waals surface area contributed by atoms with Crippen molar-refractivity contribution < 1.29 is 9.90 Å². The fourth-order valence-electron chi connectivity index (χ4n) is 3.76. The van der Waals surface area contributed by atoms with E-state index in [-0.39, 0.29) is 0 Å². The molecule has 2 N–H and O–H groups in total. The maximum absolute atomic E-state index is 10.8. The molecule has 5 heteroatoms. The second-order valence-corrected chi connectivity index (χ2v) is 7.96. The minimum absolute atomic E-state index is 0.700. The van der Waals surface area contributed by atoms with Gasteiger partial charge in [-0.2, -0.15) is 5.26 Å². The number of hydrogen-bond donors (Lipinski definition) is 2. The van der Waals surface area contributed by atoms with E-state index in [4.69, 9.17) is 5.11 Å². The van der Waals surface area contributed by atoms with Gasteiger partial charge in [0.2, 0.25) is 0 Å². The summed E-state index contributed by atoms with van der Waals surface area (Å²) in [5.74, 6) is -0.975. The Hall–Kier alpha value is -3.88. The Morgan fingerprint density at radius 2 is 1.94 bits per heavy atom. The van der Waals surface area contributed by atoms with Crippen LogP contribution in [0.1, 0.15) is 40.6 Å². The molecule has 4 rings (SSSR count). The van der Waals surface area contributed by atoms with E-state index in [0.29, 0.717) is 4.88 Å². The SMILES string of the molecule is CC/C(=C(/c1ccc(/C=C/C(=O)O)cc1)c1cc2ccccc2[nH]1)c1ccsc1C#N. The first-order valence-corrected chi connectivity index (χ1v) is 10.8. The number of nitriles is 1. The first kappa shape index (κ1) is 20.4. The normalized spacial score (nSPS) is 12.1. The summed E-state index contributed by atoms with van der Waals surface area (Å²) in [6.07, 6.45) is 3.47. The number of H-pyrrole nitrogens is 1. The number of carbonyl (C=O) groups is 1. The smallest absolute Gasteiger partial charge is 0.328 e. The number of aliphatic carboxylic acids is 1. The van der Waals surface area contributed by atoms with E-state index in [1.54, 1.807) is 6.08 Å². The van der Waals surface area contributed by atoms with E-state index < -0.39 is 5.97 Å². The van der Waals surface area contributed by atoms with Crippen molar-refractivity contribution in [3.8, 4) is 6.07 Å². The van der Waals surface area contributed by atoms with Crippen LogP contribution in [-0.4, -0.2) is 16.1 Å². The van der Waals surface area contributed by atoms with Crippen LogP contribution in [-0.2, 0) is 4.79 Å². The minimum Gasteiger partial charge on any atom is -0.478 e. The van der Waals surface area contributed by atoms with Gasteiger partial charge in [0.1, 0.15) is 10.9 Å². The molecule has 0 aliphatic rings. The molecule has 0 spiro atoms. The Morgan fingerprint density at radius 1 is 1.16 bits per heavy atom. The topological polar surface area (TPSA) is 76.9 Å². The third-order valence-corrected chi connectivity index (χ3v) is 5.98. The van der Waals surface area contributed by atoms with Crippen molar-refractivity contribution >= 4 is 45.4 Å². The number of para-hydroxylation sites is 1. The molecule has 0 radical (unpaired) electrons. The van der Waals surface area contributed by atoms with Gasteiger partial charge in [-0.3, -0.25) is 0 Å². The van der Waals surface area contributed by atoms with Crippen LogP contribution in [0.3, 0.4) is 0 Å². The quantitative estimate of drug-likeness (QED) is 0.344. The standard InChI is InChI=1S/C26H20N2O2S/c1-2-20(21-13-14-31-24(21)16-27)26(23-15-19-5-3-4-6-22(19)28-23)18-10-7-17(8-11-18)9-12-25(29)30/h3-15,28H,2H2,1H3,(H,29,30)/b12-9+,26-20+. The highest BCUT2D eigenvalue weighted by molar-refractivity contribution is 7.10. The zero-order chi connectivity index (χ0) is 21.8. The average molecular weight is 425 g/mol. The Bertz CT molecular complexity index is 1320. The summed E-state index contributed by atoms with van der Waals surface area (Å²) >= 11 is 1.45. The van der Waals surface area contributed by atoms with Gasteiger partial charge in [0.05, 0.1) is 0 Å². The number of nitrogens with one attached hydrogen (secondary N) is 1. The molecule has 0 unspecified atom stereocenters. The molecule has 0 saturated carbocycles. The van der Waals surface area contributed by atoms with Crippen molar-refractivity contribution in [2.75, 3.05) is 0 Å². The molecule has 2 aromatic carbocycles. The van der Waals surface area contributed by atoms with Gasteiger partial charge in [0.15, 0.2) is 0 Å². The lowest BCUT2D eigenvalue weighted by Gasteiger charge is -2.14. The molecule has 2 heterocycles. The number of hydrogen-bond acceptors (Lipinski definition) is 3. The van der Waals surface area contributed by atoms with Gasteiger partial charge >= 0.3 is 5.97 Å². The zero-order valence-electron chi connectivity index (χ0n) is 16.9. The number of fused-ring (bicyclic) bond motifs is 1. The van der Waals surface area contributed by atoms with Gasteiger partial charge < -0.3 is 10.1 Å². The molecule has 4 aromatic rings. The largest absolute Gasteiger partial charge is 0.478 e. The molecule has 0 amide bonds. The molecule has 0 aliphatic carbocycles. The van der Waals surface area contributed by atoms with Crippen molar-refractivity contribution in [2.45, 2.75) is 13.3 Å². The predicted octanol–water partition coefficient (Wildman–Crippen LogP) is 6.57. The molecule has 0 atom stereocenters. The minimum atomic E-state index is -0.975. The number of rotatable bonds is 6. The summed E-state index contributed by atoms with van der Waals surface area (Å²) < 4.78 is 0.